The van der Waals surface area contributed by atoms with Crippen LogP contribution in [0.25, 0.3) is 0 Å². The van der Waals surface area contributed by atoms with Crippen LogP contribution in [0.2, 0.25) is 0 Å². The highest BCUT2D eigenvalue weighted by Gasteiger charge is 2.59. The summed E-state index contributed by atoms with van der Waals surface area (Å²) in [5.41, 5.74) is -0.972. The highest BCUT2D eigenvalue weighted by Crippen LogP contribution is 2.48. The largest absolute Gasteiger partial charge is 0.465 e. The Kier molecular flexibility index (Phi) is 15.0. The van der Waals surface area contributed by atoms with Gasteiger partial charge < -0.3 is 9.47 Å². The molecule has 0 bridgehead atoms. The molecule has 4 heteroatoms. The van der Waals surface area contributed by atoms with Crippen molar-refractivity contribution in [3.8, 4) is 0 Å². The van der Waals surface area contributed by atoms with Crippen molar-refractivity contribution in [2.75, 3.05) is 13.2 Å². The van der Waals surface area contributed by atoms with Crippen LogP contribution in [-0.2, 0) is 19.1 Å². The normalized spacial score (nSPS) is 14.6. The number of hydrogen-bond acceptors (Lipinski definition) is 4. The highest BCUT2D eigenvalue weighted by molar-refractivity contribution is 6.03. The predicted octanol–water partition coefficient (Wildman–Crippen LogP) is 7.13. The van der Waals surface area contributed by atoms with Gasteiger partial charge in [-0.15, -0.1) is 0 Å². The minimum atomic E-state index is -0.972. The minimum absolute atomic E-state index is 0.360. The summed E-state index contributed by atoms with van der Waals surface area (Å²) >= 11 is 0. The van der Waals surface area contributed by atoms with Crippen molar-refractivity contribution in [3.05, 3.63) is 0 Å². The van der Waals surface area contributed by atoms with E-state index in [9.17, 15) is 9.59 Å². The first-order valence-corrected chi connectivity index (χ1v) is 12.5. The molecule has 1 aliphatic rings. The van der Waals surface area contributed by atoms with Crippen LogP contribution in [0, 0.1) is 5.41 Å². The lowest BCUT2D eigenvalue weighted by Crippen LogP contribution is -2.30. The van der Waals surface area contributed by atoms with Crippen molar-refractivity contribution in [1.29, 1.82) is 0 Å². The maximum absolute atomic E-state index is 12.3. The lowest BCUT2D eigenvalue weighted by atomic mass is 10.1. The molecule has 1 fully saturated rings. The summed E-state index contributed by atoms with van der Waals surface area (Å²) in [6.07, 6.45) is 20.6. The van der Waals surface area contributed by atoms with Crippen LogP contribution in [0.3, 0.4) is 0 Å². The summed E-state index contributed by atoms with van der Waals surface area (Å²) in [6.45, 7) is 5.32. The molecular formula is C25H46O4. The Morgan fingerprint density at radius 1 is 0.552 bits per heavy atom. The zero-order valence-corrected chi connectivity index (χ0v) is 19.3. The number of carbonyl (C=O) groups excluding carboxylic acids is 2. The van der Waals surface area contributed by atoms with E-state index in [0.29, 0.717) is 26.1 Å². The molecule has 0 N–H and O–H groups in total. The molecular weight excluding hydrogens is 364 g/mol. The second-order valence-corrected chi connectivity index (χ2v) is 8.80. The summed E-state index contributed by atoms with van der Waals surface area (Å²) < 4.78 is 10.8. The Morgan fingerprint density at radius 2 is 0.862 bits per heavy atom. The van der Waals surface area contributed by atoms with Gasteiger partial charge in [-0.2, -0.15) is 0 Å². The summed E-state index contributed by atoms with van der Waals surface area (Å²) in [5, 5.41) is 0. The lowest BCUT2D eigenvalue weighted by Gasteiger charge is -2.14. The maximum Gasteiger partial charge on any atom is 0.323 e. The third-order valence-electron chi connectivity index (χ3n) is 5.99. The van der Waals surface area contributed by atoms with Gasteiger partial charge in [0, 0.05) is 0 Å². The predicted molar refractivity (Wildman–Crippen MR) is 119 cm³/mol. The molecule has 0 aromatic rings. The summed E-state index contributed by atoms with van der Waals surface area (Å²) in [6, 6.07) is 0. The van der Waals surface area contributed by atoms with Crippen molar-refractivity contribution >= 4 is 11.9 Å². The standard InChI is InChI=1S/C25H46O4/c1-3-5-7-9-11-13-15-17-21-28-23(26)25(19-20-25)24(27)29-22-18-16-14-12-10-8-6-4-2/h3-22H2,1-2H3. The van der Waals surface area contributed by atoms with E-state index >= 15 is 0 Å². The average molecular weight is 411 g/mol. The van der Waals surface area contributed by atoms with E-state index in [1.54, 1.807) is 0 Å². The quantitative estimate of drug-likeness (QED) is 0.122. The molecule has 0 unspecified atom stereocenters. The van der Waals surface area contributed by atoms with Gasteiger partial charge in [-0.3, -0.25) is 9.59 Å². The molecule has 0 aromatic heterocycles. The van der Waals surface area contributed by atoms with Crippen LogP contribution in [0.4, 0.5) is 0 Å². The minimum Gasteiger partial charge on any atom is -0.465 e. The summed E-state index contributed by atoms with van der Waals surface area (Å²) in [7, 11) is 0. The molecule has 0 aliphatic heterocycles. The van der Waals surface area contributed by atoms with E-state index in [0.717, 1.165) is 25.7 Å². The third-order valence-corrected chi connectivity index (χ3v) is 5.99. The molecule has 0 radical (unpaired) electrons. The van der Waals surface area contributed by atoms with Gasteiger partial charge in [0.15, 0.2) is 5.41 Å². The van der Waals surface area contributed by atoms with E-state index in [4.69, 9.17) is 9.47 Å². The Labute approximate surface area is 179 Å². The third kappa shape index (κ3) is 11.6. The molecule has 170 valence electrons. The monoisotopic (exact) mass is 410 g/mol. The molecule has 1 saturated carbocycles. The van der Waals surface area contributed by atoms with Crippen LogP contribution < -0.4 is 0 Å². The second kappa shape index (κ2) is 16.7. The number of rotatable bonds is 20. The average Bonchev–Trinajstić information content (AvgIpc) is 3.53. The van der Waals surface area contributed by atoms with E-state index in [2.05, 4.69) is 13.8 Å². The van der Waals surface area contributed by atoms with Gasteiger partial charge in [-0.25, -0.2) is 0 Å². The fourth-order valence-electron chi connectivity index (χ4n) is 3.69. The Morgan fingerprint density at radius 3 is 1.17 bits per heavy atom. The van der Waals surface area contributed by atoms with Gasteiger partial charge in [0.25, 0.3) is 0 Å². The fourth-order valence-corrected chi connectivity index (χ4v) is 3.69. The Balaban J connectivity index is 2.01. The van der Waals surface area contributed by atoms with E-state index in [-0.39, 0.29) is 11.9 Å². The van der Waals surface area contributed by atoms with E-state index in [1.165, 1.54) is 77.0 Å². The zero-order chi connectivity index (χ0) is 21.2. The Hall–Kier alpha value is -1.06. The van der Waals surface area contributed by atoms with Crippen LogP contribution in [0.15, 0.2) is 0 Å². The Bertz CT molecular complexity index is 393. The number of esters is 2. The van der Waals surface area contributed by atoms with Gasteiger partial charge in [0.1, 0.15) is 0 Å². The second-order valence-electron chi connectivity index (χ2n) is 8.80. The SMILES string of the molecule is CCCCCCCCCCOC(=O)C1(C(=O)OCCCCCCCCCC)CC1. The summed E-state index contributed by atoms with van der Waals surface area (Å²) in [5.74, 6) is -0.720. The van der Waals surface area contributed by atoms with Gasteiger partial charge in [0.05, 0.1) is 13.2 Å². The smallest absolute Gasteiger partial charge is 0.323 e. The fraction of sp³-hybridized carbons (Fsp3) is 0.920. The molecule has 0 heterocycles. The van der Waals surface area contributed by atoms with Crippen molar-refractivity contribution in [1.82, 2.24) is 0 Å². The number of hydrogen-bond donors (Lipinski definition) is 0. The zero-order valence-electron chi connectivity index (χ0n) is 19.3. The summed E-state index contributed by atoms with van der Waals surface area (Å²) in [4.78, 5) is 24.6. The van der Waals surface area contributed by atoms with Crippen LogP contribution in [0.1, 0.15) is 129 Å². The van der Waals surface area contributed by atoms with Crippen molar-refractivity contribution < 1.29 is 19.1 Å². The molecule has 29 heavy (non-hydrogen) atoms. The molecule has 0 aromatic carbocycles. The van der Waals surface area contributed by atoms with E-state index in [1.807, 2.05) is 0 Å². The van der Waals surface area contributed by atoms with Crippen LogP contribution in [0.5, 0.6) is 0 Å². The number of unbranched alkanes of at least 4 members (excludes halogenated alkanes) is 14. The molecule has 0 atom stereocenters. The number of carbonyl (C=O) groups is 2. The van der Waals surface area contributed by atoms with Crippen molar-refractivity contribution in [3.63, 3.8) is 0 Å². The van der Waals surface area contributed by atoms with Crippen molar-refractivity contribution in [2.24, 2.45) is 5.41 Å². The van der Waals surface area contributed by atoms with Crippen molar-refractivity contribution in [2.45, 2.75) is 129 Å². The lowest BCUT2D eigenvalue weighted by molar-refractivity contribution is -0.164. The molecule has 1 rings (SSSR count). The highest BCUT2D eigenvalue weighted by atomic mass is 16.6. The first kappa shape index (κ1) is 26.0. The molecule has 0 amide bonds. The van der Waals surface area contributed by atoms with Gasteiger partial charge >= 0.3 is 11.9 Å². The first-order chi connectivity index (χ1) is 14.2. The first-order valence-electron chi connectivity index (χ1n) is 12.5. The van der Waals surface area contributed by atoms with Crippen LogP contribution in [-0.4, -0.2) is 25.2 Å². The maximum atomic E-state index is 12.3. The van der Waals surface area contributed by atoms with Gasteiger partial charge in [0.2, 0.25) is 0 Å². The molecule has 4 nitrogen and oxygen atoms in total. The van der Waals surface area contributed by atoms with Crippen LogP contribution >= 0.6 is 0 Å². The van der Waals surface area contributed by atoms with Gasteiger partial charge in [-0.1, -0.05) is 104 Å². The molecule has 0 saturated heterocycles. The molecule has 0 spiro atoms. The van der Waals surface area contributed by atoms with E-state index < -0.39 is 5.41 Å². The number of ether oxygens (including phenoxy) is 2. The molecule has 1 aliphatic carbocycles. The van der Waals surface area contributed by atoms with Gasteiger partial charge in [-0.05, 0) is 25.7 Å². The topological polar surface area (TPSA) is 52.6 Å².